The first-order valence-corrected chi connectivity index (χ1v) is 13.3. The first-order chi connectivity index (χ1) is 17.7. The van der Waals surface area contributed by atoms with Crippen LogP contribution in [-0.4, -0.2) is 28.6 Å². The van der Waals surface area contributed by atoms with Crippen LogP contribution in [0.5, 0.6) is 5.75 Å². The second kappa shape index (κ2) is 11.6. The zero-order chi connectivity index (χ0) is 26.4. The Morgan fingerprint density at radius 2 is 1.73 bits per heavy atom. The number of nitrogens with one attached hydrogen (secondary N) is 1. The Labute approximate surface area is 220 Å². The summed E-state index contributed by atoms with van der Waals surface area (Å²) in [6.45, 7) is 12.8. The van der Waals surface area contributed by atoms with Crippen molar-refractivity contribution < 1.29 is 9.53 Å². The maximum absolute atomic E-state index is 12.6. The van der Waals surface area contributed by atoms with E-state index in [9.17, 15) is 4.79 Å². The van der Waals surface area contributed by atoms with E-state index >= 15 is 0 Å². The maximum atomic E-state index is 12.6. The minimum Gasteiger partial charge on any atom is -0.494 e. The van der Waals surface area contributed by atoms with Crippen molar-refractivity contribution in [2.45, 2.75) is 65.8 Å². The minimum absolute atomic E-state index is 0.0151. The highest BCUT2D eigenvalue weighted by Crippen LogP contribution is 2.24. The molecule has 5 nitrogen and oxygen atoms in total. The summed E-state index contributed by atoms with van der Waals surface area (Å²) >= 11 is 0. The standard InChI is InChI=1S/C32H39N3O2/c1-23-13-18-27(24(2)22-23)31(36)33-19-8-12-30-34-28-10-6-7-11-29(28)35(30)20-9-21-37-26-16-14-25(15-17-26)32(3,4)5/h6-7,10-11,13-18,22H,8-9,12,19-21H2,1-5H3,(H,33,36). The summed E-state index contributed by atoms with van der Waals surface area (Å²) in [7, 11) is 0. The molecule has 0 saturated heterocycles. The van der Waals surface area contributed by atoms with Gasteiger partial charge in [-0.2, -0.15) is 0 Å². The fourth-order valence-corrected chi connectivity index (χ4v) is 4.64. The van der Waals surface area contributed by atoms with Crippen LogP contribution in [0.25, 0.3) is 11.0 Å². The molecule has 0 unspecified atom stereocenters. The van der Waals surface area contributed by atoms with Crippen molar-refractivity contribution in [3.05, 3.63) is 94.8 Å². The van der Waals surface area contributed by atoms with E-state index in [0.717, 1.165) is 65.1 Å². The Kier molecular flexibility index (Phi) is 8.32. The summed E-state index contributed by atoms with van der Waals surface area (Å²) in [5, 5.41) is 3.07. The van der Waals surface area contributed by atoms with Crippen LogP contribution in [0.1, 0.15) is 66.5 Å². The van der Waals surface area contributed by atoms with Gasteiger partial charge >= 0.3 is 0 Å². The normalized spacial score (nSPS) is 11.6. The van der Waals surface area contributed by atoms with Crippen molar-refractivity contribution in [1.82, 2.24) is 14.9 Å². The summed E-state index contributed by atoms with van der Waals surface area (Å²) in [4.78, 5) is 17.5. The second-order valence-electron chi connectivity index (χ2n) is 10.8. The zero-order valence-corrected chi connectivity index (χ0v) is 22.8. The number of amides is 1. The minimum atomic E-state index is -0.0151. The molecule has 3 aromatic carbocycles. The molecule has 0 aliphatic carbocycles. The molecule has 1 heterocycles. The van der Waals surface area contributed by atoms with E-state index < -0.39 is 0 Å². The number of ether oxygens (including phenoxy) is 1. The summed E-state index contributed by atoms with van der Waals surface area (Å²) in [6.07, 6.45) is 2.52. The van der Waals surface area contributed by atoms with E-state index in [1.165, 1.54) is 5.56 Å². The highest BCUT2D eigenvalue weighted by Gasteiger charge is 2.14. The van der Waals surface area contributed by atoms with E-state index in [-0.39, 0.29) is 11.3 Å². The molecule has 0 spiro atoms. The Morgan fingerprint density at radius 1 is 0.973 bits per heavy atom. The fourth-order valence-electron chi connectivity index (χ4n) is 4.64. The average Bonchev–Trinajstić information content (AvgIpc) is 3.21. The molecule has 0 atom stereocenters. The third-order valence-corrected chi connectivity index (χ3v) is 6.74. The van der Waals surface area contributed by atoms with Gasteiger partial charge in [0.15, 0.2) is 0 Å². The summed E-state index contributed by atoms with van der Waals surface area (Å²) in [5.41, 5.74) is 6.51. The van der Waals surface area contributed by atoms with Crippen LogP contribution in [0, 0.1) is 13.8 Å². The van der Waals surface area contributed by atoms with Crippen LogP contribution >= 0.6 is 0 Å². The lowest BCUT2D eigenvalue weighted by Crippen LogP contribution is -2.25. The van der Waals surface area contributed by atoms with Crippen LogP contribution in [0.15, 0.2) is 66.7 Å². The van der Waals surface area contributed by atoms with Gasteiger partial charge in [-0.3, -0.25) is 4.79 Å². The molecule has 0 bridgehead atoms. The van der Waals surface area contributed by atoms with Gasteiger partial charge < -0.3 is 14.6 Å². The zero-order valence-electron chi connectivity index (χ0n) is 22.8. The lowest BCUT2D eigenvalue weighted by molar-refractivity contribution is 0.0952. The number of aromatic nitrogens is 2. The Bertz CT molecular complexity index is 1350. The van der Waals surface area contributed by atoms with E-state index in [1.807, 2.05) is 38.1 Å². The number of fused-ring (bicyclic) bond motifs is 1. The van der Waals surface area contributed by atoms with E-state index in [2.05, 4.69) is 73.1 Å². The molecule has 0 aliphatic rings. The van der Waals surface area contributed by atoms with Gasteiger partial charge in [0.25, 0.3) is 5.91 Å². The quantitative estimate of drug-likeness (QED) is 0.246. The predicted molar refractivity (Wildman–Crippen MR) is 152 cm³/mol. The summed E-state index contributed by atoms with van der Waals surface area (Å²) < 4.78 is 8.33. The first-order valence-electron chi connectivity index (χ1n) is 13.3. The number of carbonyl (C=O) groups is 1. The van der Waals surface area contributed by atoms with Crippen LogP contribution < -0.4 is 10.1 Å². The molecule has 0 aliphatic heterocycles. The number of para-hydroxylation sites is 2. The smallest absolute Gasteiger partial charge is 0.251 e. The van der Waals surface area contributed by atoms with Crippen molar-refractivity contribution in [2.75, 3.05) is 13.2 Å². The van der Waals surface area contributed by atoms with Gasteiger partial charge in [0, 0.05) is 25.1 Å². The van der Waals surface area contributed by atoms with Crippen molar-refractivity contribution in [2.24, 2.45) is 0 Å². The van der Waals surface area contributed by atoms with Crippen molar-refractivity contribution in [1.29, 1.82) is 0 Å². The molecular weight excluding hydrogens is 458 g/mol. The third kappa shape index (κ3) is 6.79. The first kappa shape index (κ1) is 26.5. The molecule has 0 saturated carbocycles. The van der Waals surface area contributed by atoms with Gasteiger partial charge in [0.05, 0.1) is 17.6 Å². The highest BCUT2D eigenvalue weighted by atomic mass is 16.5. The van der Waals surface area contributed by atoms with Crippen LogP contribution in [0.3, 0.4) is 0 Å². The Hall–Kier alpha value is -3.60. The van der Waals surface area contributed by atoms with E-state index in [1.54, 1.807) is 0 Å². The highest BCUT2D eigenvalue weighted by molar-refractivity contribution is 5.95. The van der Waals surface area contributed by atoms with Gasteiger partial charge in [0.1, 0.15) is 11.6 Å². The maximum Gasteiger partial charge on any atom is 0.251 e. The number of hydrogen-bond acceptors (Lipinski definition) is 3. The predicted octanol–water partition coefficient (Wildman–Crippen LogP) is 6.78. The molecule has 0 radical (unpaired) electrons. The molecule has 37 heavy (non-hydrogen) atoms. The Morgan fingerprint density at radius 3 is 2.46 bits per heavy atom. The number of benzene rings is 3. The summed E-state index contributed by atoms with van der Waals surface area (Å²) in [5.74, 6) is 1.94. The summed E-state index contributed by atoms with van der Waals surface area (Å²) in [6, 6.07) is 22.6. The molecule has 4 aromatic rings. The Balaban J connectivity index is 1.32. The van der Waals surface area contributed by atoms with Crippen molar-refractivity contribution >= 4 is 16.9 Å². The molecule has 4 rings (SSSR count). The van der Waals surface area contributed by atoms with Gasteiger partial charge in [-0.05, 0) is 73.6 Å². The molecule has 1 aromatic heterocycles. The largest absolute Gasteiger partial charge is 0.494 e. The molecule has 1 amide bonds. The van der Waals surface area contributed by atoms with Gasteiger partial charge in [-0.1, -0.05) is 62.7 Å². The van der Waals surface area contributed by atoms with Crippen LogP contribution in [0.2, 0.25) is 0 Å². The number of nitrogens with zero attached hydrogens (tertiary/aromatic N) is 2. The van der Waals surface area contributed by atoms with Gasteiger partial charge in [-0.15, -0.1) is 0 Å². The lowest BCUT2D eigenvalue weighted by atomic mass is 9.87. The molecular formula is C32H39N3O2. The molecule has 1 N–H and O–H groups in total. The third-order valence-electron chi connectivity index (χ3n) is 6.74. The molecule has 5 heteroatoms. The van der Waals surface area contributed by atoms with Crippen LogP contribution in [0.4, 0.5) is 0 Å². The van der Waals surface area contributed by atoms with Crippen LogP contribution in [-0.2, 0) is 18.4 Å². The number of aryl methyl sites for hydroxylation is 4. The molecule has 194 valence electrons. The number of carbonyl (C=O) groups excluding carboxylic acids is 1. The average molecular weight is 498 g/mol. The van der Waals surface area contributed by atoms with Crippen molar-refractivity contribution in [3.8, 4) is 5.75 Å². The van der Waals surface area contributed by atoms with Crippen molar-refractivity contribution in [3.63, 3.8) is 0 Å². The number of rotatable bonds is 10. The van der Waals surface area contributed by atoms with Gasteiger partial charge in [0.2, 0.25) is 0 Å². The number of imidazole rings is 1. The lowest BCUT2D eigenvalue weighted by Gasteiger charge is -2.19. The van der Waals surface area contributed by atoms with Gasteiger partial charge in [-0.25, -0.2) is 4.98 Å². The SMILES string of the molecule is Cc1ccc(C(=O)NCCCc2nc3ccccc3n2CCCOc2ccc(C(C)(C)C)cc2)c(C)c1. The number of hydrogen-bond donors (Lipinski definition) is 1. The second-order valence-corrected chi connectivity index (χ2v) is 10.8. The fraction of sp³-hybridized carbons (Fsp3) is 0.375. The monoisotopic (exact) mass is 497 g/mol. The van der Waals surface area contributed by atoms with E-state index in [0.29, 0.717) is 13.2 Å². The molecule has 0 fully saturated rings. The van der Waals surface area contributed by atoms with E-state index in [4.69, 9.17) is 9.72 Å². The topological polar surface area (TPSA) is 56.2 Å².